The third kappa shape index (κ3) is 8.02. The second-order valence-corrected chi connectivity index (χ2v) is 8.33. The quantitative estimate of drug-likeness (QED) is 0.521. The highest BCUT2D eigenvalue weighted by molar-refractivity contribution is 5.99. The molecule has 8 nitrogen and oxygen atoms in total. The van der Waals surface area contributed by atoms with Gasteiger partial charge in [-0.2, -0.15) is 0 Å². The van der Waals surface area contributed by atoms with Crippen molar-refractivity contribution in [2.45, 2.75) is 39.0 Å². The Morgan fingerprint density at radius 2 is 1.17 bits per heavy atom. The Kier molecular flexibility index (Phi) is 11.0. The van der Waals surface area contributed by atoms with E-state index < -0.39 is 11.9 Å². The van der Waals surface area contributed by atoms with Crippen molar-refractivity contribution in [1.29, 1.82) is 0 Å². The largest absolute Gasteiger partial charge is 0.545 e. The number of carbonyl (C=O) groups excluding carboxylic acids is 2. The second-order valence-electron chi connectivity index (χ2n) is 8.33. The molecule has 0 saturated carbocycles. The highest BCUT2D eigenvalue weighted by Gasteiger charge is 2.22. The number of benzene rings is 1. The lowest BCUT2D eigenvalue weighted by atomic mass is 10.1. The van der Waals surface area contributed by atoms with Gasteiger partial charge in [0, 0.05) is 50.9 Å². The van der Waals surface area contributed by atoms with E-state index in [1.807, 2.05) is 0 Å². The molecule has 0 aliphatic carbocycles. The molecule has 1 aromatic rings. The molecular formula is C22H38N4O4. The van der Waals surface area contributed by atoms with Crippen molar-refractivity contribution in [3.8, 4) is 0 Å². The van der Waals surface area contributed by atoms with Crippen LogP contribution in [0.15, 0.2) is 24.3 Å². The molecule has 2 N–H and O–H groups in total. The number of nitrogens with zero attached hydrogens (tertiary/aromatic N) is 2. The van der Waals surface area contributed by atoms with Crippen LogP contribution >= 0.6 is 0 Å². The van der Waals surface area contributed by atoms with E-state index in [1.165, 1.54) is 51.2 Å². The predicted molar refractivity (Wildman–Crippen MR) is 112 cm³/mol. The van der Waals surface area contributed by atoms with Gasteiger partial charge in [-0.15, -0.1) is 0 Å². The molecule has 2 aliphatic rings. The molecule has 4 unspecified atom stereocenters. The number of carbonyl (C=O) groups is 2. The fraction of sp³-hybridized carbons (Fsp3) is 0.636. The molecule has 30 heavy (non-hydrogen) atoms. The second kappa shape index (κ2) is 12.6. The van der Waals surface area contributed by atoms with Crippen LogP contribution in [0.1, 0.15) is 47.4 Å². The Labute approximate surface area is 180 Å². The minimum atomic E-state index is -1.52. The first-order valence-electron chi connectivity index (χ1n) is 10.6. The monoisotopic (exact) mass is 422 g/mol. The number of carboxylic acid groups (broad SMARTS) is 2. The van der Waals surface area contributed by atoms with Gasteiger partial charge in [-0.25, -0.2) is 0 Å². The molecule has 0 bridgehead atoms. The lowest BCUT2D eigenvalue weighted by Crippen LogP contribution is -3.15. The number of carboxylic acids is 2. The smallest absolute Gasteiger partial charge is 0.140 e. The van der Waals surface area contributed by atoms with Crippen molar-refractivity contribution in [1.82, 2.24) is 9.80 Å². The SMILES string of the molecule is CC1N(C)CCC[NH+]1C.CC1N(C)CCC[NH+]1C.O=C([O-])c1ccccc1C(=O)[O-]. The van der Waals surface area contributed by atoms with E-state index >= 15 is 0 Å². The molecule has 1 aromatic carbocycles. The third-order valence-corrected chi connectivity index (χ3v) is 6.28. The number of nitrogens with one attached hydrogen (secondary N) is 2. The van der Waals surface area contributed by atoms with E-state index in [0.29, 0.717) is 0 Å². The van der Waals surface area contributed by atoms with Crippen LogP contribution in [0.25, 0.3) is 0 Å². The summed E-state index contributed by atoms with van der Waals surface area (Å²) in [6, 6.07) is 5.14. The Morgan fingerprint density at radius 1 is 0.833 bits per heavy atom. The van der Waals surface area contributed by atoms with Crippen molar-refractivity contribution in [2.24, 2.45) is 0 Å². The number of hydrogen-bond acceptors (Lipinski definition) is 6. The summed E-state index contributed by atoms with van der Waals surface area (Å²) < 4.78 is 0. The van der Waals surface area contributed by atoms with Gasteiger partial charge in [0.05, 0.1) is 39.1 Å². The molecule has 4 atom stereocenters. The first-order valence-corrected chi connectivity index (χ1v) is 10.6. The van der Waals surface area contributed by atoms with E-state index in [-0.39, 0.29) is 11.1 Å². The maximum Gasteiger partial charge on any atom is 0.140 e. The standard InChI is InChI=1S/C8H6O4.2C7H16N2/c9-7(10)5-3-1-2-4-6(5)8(11)12;2*1-7-8(2)5-4-6-9(7)3/h1-4H,(H,9,10)(H,11,12);2*7H,4-6H2,1-3H3. The Morgan fingerprint density at radius 3 is 1.40 bits per heavy atom. The van der Waals surface area contributed by atoms with Gasteiger partial charge in [0.15, 0.2) is 0 Å². The molecule has 2 aliphatic heterocycles. The van der Waals surface area contributed by atoms with E-state index in [0.717, 1.165) is 24.5 Å². The minimum Gasteiger partial charge on any atom is -0.545 e. The predicted octanol–water partition coefficient (Wildman–Crippen LogP) is -3.22. The zero-order chi connectivity index (χ0) is 22.8. The Balaban J connectivity index is 0.000000229. The number of rotatable bonds is 2. The maximum absolute atomic E-state index is 10.3. The summed E-state index contributed by atoms with van der Waals surface area (Å²) in [6.07, 6.45) is 4.15. The first kappa shape index (κ1) is 26.0. The average molecular weight is 423 g/mol. The molecule has 0 aromatic heterocycles. The van der Waals surface area contributed by atoms with Crippen LogP contribution in [0, 0.1) is 0 Å². The molecule has 170 valence electrons. The van der Waals surface area contributed by atoms with Crippen molar-refractivity contribution >= 4 is 11.9 Å². The molecule has 0 spiro atoms. The summed E-state index contributed by atoms with van der Waals surface area (Å²) in [4.78, 5) is 28.8. The van der Waals surface area contributed by atoms with Crippen LogP contribution in [-0.4, -0.2) is 88.4 Å². The van der Waals surface area contributed by atoms with Gasteiger partial charge in [0.25, 0.3) is 0 Å². The van der Waals surface area contributed by atoms with Crippen molar-refractivity contribution in [2.75, 3.05) is 54.4 Å². The lowest BCUT2D eigenvalue weighted by molar-refractivity contribution is -0.922. The summed E-state index contributed by atoms with van der Waals surface area (Å²) in [6.45, 7) is 9.80. The number of hydrogen-bond donors (Lipinski definition) is 2. The van der Waals surface area contributed by atoms with Crippen LogP contribution in [0.4, 0.5) is 0 Å². The van der Waals surface area contributed by atoms with E-state index in [9.17, 15) is 19.8 Å². The van der Waals surface area contributed by atoms with E-state index in [4.69, 9.17) is 0 Å². The van der Waals surface area contributed by atoms with Crippen LogP contribution < -0.4 is 20.0 Å². The zero-order valence-corrected chi connectivity index (χ0v) is 19.2. The Bertz CT molecular complexity index is 608. The summed E-state index contributed by atoms with van der Waals surface area (Å²) >= 11 is 0. The summed E-state index contributed by atoms with van der Waals surface area (Å²) in [5.41, 5.74) is -0.727. The van der Waals surface area contributed by atoms with Crippen molar-refractivity contribution in [3.05, 3.63) is 35.4 Å². The molecule has 2 saturated heterocycles. The summed E-state index contributed by atoms with van der Waals surface area (Å²) in [5.74, 6) is -3.04. The van der Waals surface area contributed by atoms with Gasteiger partial charge in [0.2, 0.25) is 0 Å². The lowest BCUT2D eigenvalue weighted by Gasteiger charge is -2.34. The van der Waals surface area contributed by atoms with Crippen LogP contribution in [0.2, 0.25) is 0 Å². The minimum absolute atomic E-state index is 0.363. The number of quaternary nitrogens is 2. The van der Waals surface area contributed by atoms with Crippen LogP contribution in [-0.2, 0) is 0 Å². The molecule has 0 radical (unpaired) electrons. The number of aromatic carboxylic acids is 2. The van der Waals surface area contributed by atoms with E-state index in [1.54, 1.807) is 9.80 Å². The maximum atomic E-state index is 10.3. The van der Waals surface area contributed by atoms with Crippen LogP contribution in [0.5, 0.6) is 0 Å². The highest BCUT2D eigenvalue weighted by atomic mass is 16.4. The van der Waals surface area contributed by atoms with Gasteiger partial charge in [-0.3, -0.25) is 9.80 Å². The van der Waals surface area contributed by atoms with Gasteiger partial charge in [-0.1, -0.05) is 24.3 Å². The molecule has 2 fully saturated rings. The van der Waals surface area contributed by atoms with Gasteiger partial charge < -0.3 is 29.6 Å². The fourth-order valence-electron chi connectivity index (χ4n) is 3.61. The highest BCUT2D eigenvalue weighted by Crippen LogP contribution is 2.05. The van der Waals surface area contributed by atoms with Gasteiger partial charge in [-0.05, 0) is 14.1 Å². The summed E-state index contributed by atoms with van der Waals surface area (Å²) in [5, 5.41) is 20.6. The third-order valence-electron chi connectivity index (χ3n) is 6.28. The van der Waals surface area contributed by atoms with Gasteiger partial charge >= 0.3 is 0 Å². The topological polar surface area (TPSA) is 95.6 Å². The van der Waals surface area contributed by atoms with Crippen molar-refractivity contribution < 1.29 is 29.6 Å². The van der Waals surface area contributed by atoms with Gasteiger partial charge in [0.1, 0.15) is 12.3 Å². The zero-order valence-electron chi connectivity index (χ0n) is 19.2. The first-order chi connectivity index (χ1) is 14.1. The van der Waals surface area contributed by atoms with Crippen molar-refractivity contribution in [3.63, 3.8) is 0 Å². The Hall–Kier alpha value is -2.00. The molecule has 8 heteroatoms. The average Bonchev–Trinajstić information content (AvgIpc) is 2.71. The van der Waals surface area contributed by atoms with Crippen LogP contribution in [0.3, 0.4) is 0 Å². The normalized spacial score (nSPS) is 27.1. The summed E-state index contributed by atoms with van der Waals surface area (Å²) in [7, 11) is 8.93. The molecule has 3 rings (SSSR count). The molecule has 2 heterocycles. The fourth-order valence-corrected chi connectivity index (χ4v) is 3.61. The van der Waals surface area contributed by atoms with E-state index in [2.05, 4.69) is 51.8 Å². The molecular weight excluding hydrogens is 384 g/mol. The molecule has 0 amide bonds.